The van der Waals surface area contributed by atoms with Gasteiger partial charge >= 0.3 is 24.7 Å². The number of benzene rings is 4. The third-order valence-electron chi connectivity index (χ3n) is 10.2. The zero-order valence-corrected chi connectivity index (χ0v) is 36.2. The Hall–Kier alpha value is -8.18. The maximum Gasteiger partial charge on any atom is 0.573 e. The van der Waals surface area contributed by atoms with E-state index in [0.29, 0.717) is 0 Å². The molecule has 366 valence electrons. The number of fused-ring (bicyclic) bond motifs is 2. The van der Waals surface area contributed by atoms with Crippen LogP contribution in [-0.2, 0) is 32.0 Å². The van der Waals surface area contributed by atoms with Crippen LogP contribution < -0.4 is 20.1 Å². The van der Waals surface area contributed by atoms with Crippen LogP contribution in [-0.4, -0.2) is 89.9 Å². The zero-order valence-electron chi connectivity index (χ0n) is 36.2. The van der Waals surface area contributed by atoms with Crippen LogP contribution in [0.5, 0.6) is 23.0 Å². The third kappa shape index (κ3) is 12.2. The van der Waals surface area contributed by atoms with Crippen molar-refractivity contribution in [3.05, 3.63) is 118 Å². The summed E-state index contributed by atoms with van der Waals surface area (Å²) < 4.78 is 114. The van der Waals surface area contributed by atoms with Crippen molar-refractivity contribution in [3.63, 3.8) is 0 Å². The number of carbonyl (C=O) groups excluding carboxylic acids is 4. The number of aromatic hydroxyl groups is 2. The van der Waals surface area contributed by atoms with Crippen LogP contribution in [0.1, 0.15) is 63.5 Å². The highest BCUT2D eigenvalue weighted by atomic mass is 19.4. The van der Waals surface area contributed by atoms with Gasteiger partial charge in [0.25, 0.3) is 11.8 Å². The molecule has 4 aromatic carbocycles. The molecule has 0 saturated heterocycles. The first-order valence-corrected chi connectivity index (χ1v) is 20.0. The lowest BCUT2D eigenvalue weighted by atomic mass is 10.1. The van der Waals surface area contributed by atoms with E-state index in [1.54, 1.807) is 0 Å². The fourth-order valence-corrected chi connectivity index (χ4v) is 7.18. The number of halogens is 8. The van der Waals surface area contributed by atoms with Gasteiger partial charge in [-0.25, -0.2) is 8.78 Å². The molecular formula is C45H38F8N4O12. The Morgan fingerprint density at radius 2 is 0.957 bits per heavy atom. The van der Waals surface area contributed by atoms with E-state index < -0.39 is 108 Å². The van der Waals surface area contributed by atoms with Gasteiger partial charge in [0.15, 0.2) is 23.1 Å². The average Bonchev–Trinajstić information content (AvgIpc) is 3.68. The number of hydrogen-bond acceptors (Lipinski definition) is 10. The Morgan fingerprint density at radius 1 is 0.594 bits per heavy atom. The molecule has 0 aliphatic rings. The number of carboxylic acid groups (broad SMARTS) is 2. The second kappa shape index (κ2) is 20.4. The van der Waals surface area contributed by atoms with Crippen molar-refractivity contribution in [2.24, 2.45) is 0 Å². The van der Waals surface area contributed by atoms with Crippen LogP contribution >= 0.6 is 0 Å². The predicted octanol–water partition coefficient (Wildman–Crippen LogP) is 7.42. The molecule has 2 unspecified atom stereocenters. The summed E-state index contributed by atoms with van der Waals surface area (Å²) in [5.74, 6) is -9.94. The summed E-state index contributed by atoms with van der Waals surface area (Å²) in [6.07, 6.45) is -11.1. The monoisotopic (exact) mass is 978 g/mol. The van der Waals surface area contributed by atoms with Gasteiger partial charge in [-0.05, 0) is 112 Å². The zero-order chi connectivity index (χ0) is 51.4. The molecule has 0 aliphatic carbocycles. The molecule has 0 bridgehead atoms. The summed E-state index contributed by atoms with van der Waals surface area (Å²) in [6, 6.07) is 10.8. The smallest absolute Gasteiger partial charge is 0.505 e. The van der Waals surface area contributed by atoms with Crippen LogP contribution in [0.15, 0.2) is 72.8 Å². The molecule has 2 aromatic heterocycles. The van der Waals surface area contributed by atoms with Crippen LogP contribution in [0.2, 0.25) is 0 Å². The maximum absolute atomic E-state index is 14.9. The van der Waals surface area contributed by atoms with E-state index in [1.165, 1.54) is 39.8 Å². The summed E-state index contributed by atoms with van der Waals surface area (Å²) >= 11 is 0. The molecule has 0 fully saturated rings. The number of phenolic OH excluding ortho intramolecular Hbond substituents is 2. The lowest BCUT2D eigenvalue weighted by Crippen LogP contribution is -2.39. The summed E-state index contributed by atoms with van der Waals surface area (Å²) in [5.41, 5.74) is 0.326. The van der Waals surface area contributed by atoms with E-state index in [2.05, 4.69) is 20.1 Å². The molecule has 2 atom stereocenters. The van der Waals surface area contributed by atoms with Gasteiger partial charge in [0.2, 0.25) is 11.8 Å². The van der Waals surface area contributed by atoms with Crippen molar-refractivity contribution in [3.8, 4) is 23.0 Å². The van der Waals surface area contributed by atoms with E-state index in [-0.39, 0.29) is 61.9 Å². The van der Waals surface area contributed by atoms with E-state index in [0.717, 1.165) is 69.8 Å². The Balaban J connectivity index is 0.000000258. The van der Waals surface area contributed by atoms with Gasteiger partial charge in [-0.2, -0.15) is 0 Å². The minimum Gasteiger partial charge on any atom is -0.505 e. The van der Waals surface area contributed by atoms with Crippen molar-refractivity contribution in [2.75, 3.05) is 0 Å². The minimum absolute atomic E-state index is 0.00232. The number of amides is 2. The number of phenols is 2. The fourth-order valence-electron chi connectivity index (χ4n) is 7.18. The van der Waals surface area contributed by atoms with E-state index in [4.69, 9.17) is 10.2 Å². The van der Waals surface area contributed by atoms with Crippen LogP contribution in [0.3, 0.4) is 0 Å². The highest BCUT2D eigenvalue weighted by Gasteiger charge is 2.33. The Bertz CT molecular complexity index is 2980. The number of rotatable bonds is 13. The van der Waals surface area contributed by atoms with Gasteiger partial charge < -0.3 is 40.5 Å². The summed E-state index contributed by atoms with van der Waals surface area (Å²) in [5, 5.41) is 41.8. The number of aromatic nitrogens is 2. The van der Waals surface area contributed by atoms with Crippen LogP contribution in [0.4, 0.5) is 35.1 Å². The lowest BCUT2D eigenvalue weighted by molar-refractivity contribution is -0.275. The number of alkyl halides is 6. The van der Waals surface area contributed by atoms with Crippen LogP contribution in [0, 0.1) is 25.5 Å². The predicted molar refractivity (Wildman–Crippen MR) is 225 cm³/mol. The number of hydrogen-bond donors (Lipinski definition) is 6. The molecule has 0 saturated carbocycles. The summed E-state index contributed by atoms with van der Waals surface area (Å²) in [4.78, 5) is 73.1. The standard InChI is InChI=1S/C23H20F4N2O6.C22H18F4N2O6/c1-11(9-19(32)33)28-18(31)10-15-12(2)29(16-7-8-17(30)21(24)20(15)16)22(34)13-3-5-14(6-4-13)35-23(25,26)27;1-10(21(32)33)27-17(30)9-14-11(2)28(15-7-8-16(29)19(23)18(14)15)20(31)12-3-5-13(6-4-12)34-22(24,25)26/h3-8,11,30H,9-10H2,1-2H3,(H,28,31)(H,32,33);3-8,10,29H,9H2,1-2H3,(H,27,30)(H,32,33). The number of aliphatic carboxylic acids is 2. The molecule has 6 rings (SSSR count). The van der Waals surface area contributed by atoms with Gasteiger partial charge in [-0.1, -0.05) is 0 Å². The van der Waals surface area contributed by atoms with Crippen LogP contribution in [0.25, 0.3) is 21.8 Å². The van der Waals surface area contributed by atoms with Crippen molar-refractivity contribution < 1.29 is 93.8 Å². The van der Waals surface area contributed by atoms with E-state index >= 15 is 0 Å². The largest absolute Gasteiger partial charge is 0.573 e. The first kappa shape index (κ1) is 51.8. The van der Waals surface area contributed by atoms with Crippen molar-refractivity contribution >= 4 is 57.4 Å². The van der Waals surface area contributed by atoms with Crippen molar-refractivity contribution in [1.82, 2.24) is 19.8 Å². The number of carboxylic acids is 2. The SMILES string of the molecule is Cc1c(CC(=O)NC(C)C(=O)O)c2c(F)c(O)ccc2n1C(=O)c1ccc(OC(F)(F)F)cc1.Cc1c(CC(=O)NC(C)CC(=O)O)c2c(F)c(O)ccc2n1C(=O)c1ccc(OC(F)(F)F)cc1. The number of carbonyl (C=O) groups is 6. The molecule has 2 amide bonds. The molecule has 0 radical (unpaired) electrons. The Morgan fingerprint density at radius 3 is 1.29 bits per heavy atom. The molecule has 6 aromatic rings. The molecule has 0 spiro atoms. The first-order chi connectivity index (χ1) is 32.1. The quantitative estimate of drug-likeness (QED) is 0.0621. The molecule has 6 N–H and O–H groups in total. The molecule has 24 heteroatoms. The van der Waals surface area contributed by atoms with Crippen molar-refractivity contribution in [1.29, 1.82) is 0 Å². The summed E-state index contributed by atoms with van der Waals surface area (Å²) in [7, 11) is 0. The van der Waals surface area contributed by atoms with Gasteiger partial charge in [0.05, 0.1) is 30.3 Å². The molecular weight excluding hydrogens is 940 g/mol. The second-order valence-corrected chi connectivity index (χ2v) is 15.2. The molecule has 2 heterocycles. The highest BCUT2D eigenvalue weighted by molar-refractivity contribution is 6.06. The Labute approximate surface area is 383 Å². The number of ether oxygens (including phenoxy) is 2. The number of nitrogens with one attached hydrogen (secondary N) is 2. The topological polar surface area (TPSA) is 236 Å². The average molecular weight is 979 g/mol. The van der Waals surface area contributed by atoms with E-state index in [1.807, 2.05) is 0 Å². The van der Waals surface area contributed by atoms with Gasteiger partial charge in [-0.15, -0.1) is 26.3 Å². The molecule has 69 heavy (non-hydrogen) atoms. The minimum atomic E-state index is -4.91. The lowest BCUT2D eigenvalue weighted by Gasteiger charge is -2.12. The van der Waals surface area contributed by atoms with Gasteiger partial charge in [-0.3, -0.25) is 37.9 Å². The van der Waals surface area contributed by atoms with E-state index in [9.17, 15) is 74.1 Å². The first-order valence-electron chi connectivity index (χ1n) is 20.0. The fraction of sp³-hybridized carbons (Fsp3) is 0.244. The third-order valence-corrected chi connectivity index (χ3v) is 10.2. The molecule has 16 nitrogen and oxygen atoms in total. The maximum atomic E-state index is 14.9. The normalized spacial score (nSPS) is 12.4. The second-order valence-electron chi connectivity index (χ2n) is 15.2. The summed E-state index contributed by atoms with van der Waals surface area (Å²) in [6.45, 7) is 5.57. The Kier molecular flexibility index (Phi) is 15.3. The van der Waals surface area contributed by atoms with Gasteiger partial charge in [0, 0.05) is 39.3 Å². The number of nitrogens with zero attached hydrogens (tertiary/aromatic N) is 2. The highest BCUT2D eigenvalue weighted by Crippen LogP contribution is 2.36. The van der Waals surface area contributed by atoms with Crippen molar-refractivity contribution in [2.45, 2.75) is 71.8 Å². The van der Waals surface area contributed by atoms with Gasteiger partial charge in [0.1, 0.15) is 17.5 Å². The molecule has 0 aliphatic heterocycles.